The summed E-state index contributed by atoms with van der Waals surface area (Å²) in [5, 5.41) is 14.4. The van der Waals surface area contributed by atoms with E-state index in [4.69, 9.17) is 5.11 Å². The van der Waals surface area contributed by atoms with Crippen LogP contribution in [0.2, 0.25) is 0 Å². The molecule has 1 aliphatic carbocycles. The van der Waals surface area contributed by atoms with Crippen molar-refractivity contribution in [3.8, 4) is 0 Å². The molecule has 0 atom stereocenters. The average molecular weight is 229 g/mol. The summed E-state index contributed by atoms with van der Waals surface area (Å²) in [7, 11) is 1.85. The van der Waals surface area contributed by atoms with Crippen LogP contribution in [0.25, 0.3) is 0 Å². The average Bonchev–Trinajstić information content (AvgIpc) is 3.04. The van der Waals surface area contributed by atoms with Gasteiger partial charge in [-0.2, -0.15) is 0 Å². The third kappa shape index (κ3) is 4.48. The second-order valence-corrected chi connectivity index (χ2v) is 3.94. The molecule has 2 amide bonds. The van der Waals surface area contributed by atoms with Crippen LogP contribution in [0.3, 0.4) is 0 Å². The van der Waals surface area contributed by atoms with Gasteiger partial charge in [-0.15, -0.1) is 0 Å². The lowest BCUT2D eigenvalue weighted by Gasteiger charge is -2.20. The van der Waals surface area contributed by atoms with Gasteiger partial charge >= 0.3 is 12.0 Å². The van der Waals surface area contributed by atoms with Crippen LogP contribution >= 0.6 is 0 Å². The lowest BCUT2D eigenvalue weighted by Crippen LogP contribution is -2.44. The second kappa shape index (κ2) is 6.32. The van der Waals surface area contributed by atoms with Gasteiger partial charge in [0, 0.05) is 12.6 Å². The standard InChI is InChI=1S/C10H19N3O3/c1-11-5-2-6-12-10(16)13(7-9(14)15)8-3-4-8/h8,11H,2-7H2,1H3,(H,12,16)(H,14,15). The molecule has 92 valence electrons. The van der Waals surface area contributed by atoms with Gasteiger partial charge in [-0.3, -0.25) is 4.79 Å². The molecular weight excluding hydrogens is 210 g/mol. The van der Waals surface area contributed by atoms with Crippen LogP contribution in [-0.2, 0) is 4.79 Å². The Kier molecular flexibility index (Phi) is 5.04. The number of amides is 2. The Bertz CT molecular complexity index is 254. The smallest absolute Gasteiger partial charge is 0.323 e. The maximum absolute atomic E-state index is 11.7. The topological polar surface area (TPSA) is 81.7 Å². The molecule has 0 saturated heterocycles. The zero-order valence-corrected chi connectivity index (χ0v) is 9.53. The molecule has 6 heteroatoms. The lowest BCUT2D eigenvalue weighted by molar-refractivity contribution is -0.137. The van der Waals surface area contributed by atoms with E-state index in [-0.39, 0.29) is 18.6 Å². The highest BCUT2D eigenvalue weighted by atomic mass is 16.4. The van der Waals surface area contributed by atoms with Crippen LogP contribution < -0.4 is 10.6 Å². The summed E-state index contributed by atoms with van der Waals surface area (Å²) in [4.78, 5) is 23.6. The van der Waals surface area contributed by atoms with Crippen molar-refractivity contribution in [3.63, 3.8) is 0 Å². The van der Waals surface area contributed by atoms with Gasteiger partial charge in [-0.1, -0.05) is 0 Å². The van der Waals surface area contributed by atoms with Crippen LogP contribution in [0.15, 0.2) is 0 Å². The van der Waals surface area contributed by atoms with Gasteiger partial charge in [0.2, 0.25) is 0 Å². The van der Waals surface area contributed by atoms with Crippen molar-refractivity contribution in [2.45, 2.75) is 25.3 Å². The van der Waals surface area contributed by atoms with E-state index in [0.717, 1.165) is 25.8 Å². The number of hydrogen-bond donors (Lipinski definition) is 3. The fourth-order valence-corrected chi connectivity index (χ4v) is 1.46. The normalized spacial score (nSPS) is 14.6. The number of carboxylic acid groups (broad SMARTS) is 1. The summed E-state index contributed by atoms with van der Waals surface area (Å²) < 4.78 is 0. The third-order valence-corrected chi connectivity index (χ3v) is 2.43. The maximum atomic E-state index is 11.7. The molecule has 0 heterocycles. The molecule has 3 N–H and O–H groups in total. The minimum Gasteiger partial charge on any atom is -0.480 e. The minimum atomic E-state index is -0.961. The molecule has 16 heavy (non-hydrogen) atoms. The van der Waals surface area contributed by atoms with Crippen molar-refractivity contribution in [2.75, 3.05) is 26.7 Å². The molecule has 0 unspecified atom stereocenters. The summed E-state index contributed by atoms with van der Waals surface area (Å²) in [6.07, 6.45) is 2.67. The first-order chi connectivity index (χ1) is 7.65. The van der Waals surface area contributed by atoms with E-state index in [1.54, 1.807) is 0 Å². The molecule has 1 fully saturated rings. The first-order valence-electron chi connectivity index (χ1n) is 5.56. The van der Waals surface area contributed by atoms with Gasteiger partial charge < -0.3 is 20.6 Å². The first-order valence-corrected chi connectivity index (χ1v) is 5.56. The number of rotatable bonds is 7. The summed E-state index contributed by atoms with van der Waals surface area (Å²) in [6.45, 7) is 1.20. The van der Waals surface area contributed by atoms with Crippen LogP contribution in [0.5, 0.6) is 0 Å². The van der Waals surface area contributed by atoms with E-state index < -0.39 is 5.97 Å². The molecular formula is C10H19N3O3. The second-order valence-electron chi connectivity index (χ2n) is 3.94. The van der Waals surface area contributed by atoms with Crippen molar-refractivity contribution in [1.82, 2.24) is 15.5 Å². The first kappa shape index (κ1) is 12.8. The molecule has 1 rings (SSSR count). The molecule has 1 aliphatic rings. The Balaban J connectivity index is 2.27. The Morgan fingerprint density at radius 1 is 1.38 bits per heavy atom. The fourth-order valence-electron chi connectivity index (χ4n) is 1.46. The number of carbonyl (C=O) groups is 2. The molecule has 0 aromatic carbocycles. The van der Waals surface area contributed by atoms with Crippen molar-refractivity contribution in [1.29, 1.82) is 0 Å². The number of nitrogens with zero attached hydrogens (tertiary/aromatic N) is 1. The SMILES string of the molecule is CNCCCNC(=O)N(CC(=O)O)C1CC1. The molecule has 0 radical (unpaired) electrons. The van der Waals surface area contributed by atoms with Crippen LogP contribution in [0, 0.1) is 0 Å². The molecule has 6 nitrogen and oxygen atoms in total. The number of carboxylic acids is 1. The largest absolute Gasteiger partial charge is 0.480 e. The molecule has 0 aliphatic heterocycles. The van der Waals surface area contributed by atoms with Crippen LogP contribution in [0.1, 0.15) is 19.3 Å². The van der Waals surface area contributed by atoms with Gasteiger partial charge in [0.05, 0.1) is 0 Å². The van der Waals surface area contributed by atoms with Gasteiger partial charge in [0.15, 0.2) is 0 Å². The van der Waals surface area contributed by atoms with Crippen molar-refractivity contribution >= 4 is 12.0 Å². The lowest BCUT2D eigenvalue weighted by atomic mass is 10.4. The molecule has 0 aromatic rings. The van der Waals surface area contributed by atoms with Gasteiger partial charge in [0.25, 0.3) is 0 Å². The maximum Gasteiger partial charge on any atom is 0.323 e. The van der Waals surface area contributed by atoms with E-state index >= 15 is 0 Å². The highest BCUT2D eigenvalue weighted by Gasteiger charge is 2.33. The zero-order valence-electron chi connectivity index (χ0n) is 9.53. The van der Waals surface area contributed by atoms with Crippen molar-refractivity contribution < 1.29 is 14.7 Å². The number of urea groups is 1. The third-order valence-electron chi connectivity index (χ3n) is 2.43. The predicted molar refractivity (Wildman–Crippen MR) is 59.3 cm³/mol. The predicted octanol–water partition coefficient (Wildman–Crippen LogP) is -0.145. The number of carbonyl (C=O) groups excluding carboxylic acids is 1. The Morgan fingerprint density at radius 2 is 2.06 bits per heavy atom. The van der Waals surface area contributed by atoms with E-state index in [1.165, 1.54) is 4.90 Å². The van der Waals surface area contributed by atoms with E-state index in [9.17, 15) is 9.59 Å². The summed E-state index contributed by atoms with van der Waals surface area (Å²) >= 11 is 0. The molecule has 1 saturated carbocycles. The summed E-state index contributed by atoms with van der Waals surface area (Å²) in [5.41, 5.74) is 0. The zero-order chi connectivity index (χ0) is 12.0. The summed E-state index contributed by atoms with van der Waals surface area (Å²) in [5.74, 6) is -0.961. The van der Waals surface area contributed by atoms with E-state index in [2.05, 4.69) is 10.6 Å². The molecule has 0 bridgehead atoms. The molecule has 0 aromatic heterocycles. The fraction of sp³-hybridized carbons (Fsp3) is 0.800. The van der Waals surface area contributed by atoms with E-state index in [0.29, 0.717) is 6.54 Å². The molecule has 0 spiro atoms. The number of aliphatic carboxylic acids is 1. The van der Waals surface area contributed by atoms with Gasteiger partial charge in [-0.05, 0) is 32.9 Å². The van der Waals surface area contributed by atoms with Crippen LogP contribution in [-0.4, -0.2) is 54.7 Å². The highest BCUT2D eigenvalue weighted by molar-refractivity contribution is 5.80. The Labute approximate surface area is 95.0 Å². The quantitative estimate of drug-likeness (QED) is 0.530. The summed E-state index contributed by atoms with van der Waals surface area (Å²) in [6, 6.07) is -0.138. The van der Waals surface area contributed by atoms with Crippen LogP contribution in [0.4, 0.5) is 4.79 Å². The Morgan fingerprint density at radius 3 is 2.56 bits per heavy atom. The Hall–Kier alpha value is -1.30. The number of nitrogens with one attached hydrogen (secondary N) is 2. The minimum absolute atomic E-state index is 0.125. The highest BCUT2D eigenvalue weighted by Crippen LogP contribution is 2.26. The number of hydrogen-bond acceptors (Lipinski definition) is 3. The van der Waals surface area contributed by atoms with Crippen molar-refractivity contribution in [2.24, 2.45) is 0 Å². The van der Waals surface area contributed by atoms with Gasteiger partial charge in [-0.25, -0.2) is 4.79 Å². The van der Waals surface area contributed by atoms with E-state index in [1.807, 2.05) is 7.05 Å². The van der Waals surface area contributed by atoms with Gasteiger partial charge in [0.1, 0.15) is 6.54 Å². The van der Waals surface area contributed by atoms with Crippen molar-refractivity contribution in [3.05, 3.63) is 0 Å². The monoisotopic (exact) mass is 229 g/mol.